The van der Waals surface area contributed by atoms with Gasteiger partial charge in [0.05, 0.1) is 23.0 Å². The van der Waals surface area contributed by atoms with Crippen molar-refractivity contribution in [2.75, 3.05) is 37.4 Å². The van der Waals surface area contributed by atoms with Gasteiger partial charge >= 0.3 is 6.03 Å². The summed E-state index contributed by atoms with van der Waals surface area (Å²) in [6, 6.07) is 14.9. The molecule has 0 aliphatic rings. The van der Waals surface area contributed by atoms with Crippen molar-refractivity contribution in [1.82, 2.24) is 14.7 Å². The third-order valence-electron chi connectivity index (χ3n) is 6.62. The third-order valence-corrected chi connectivity index (χ3v) is 6.94. The van der Waals surface area contributed by atoms with Crippen LogP contribution in [0.5, 0.6) is 0 Å². The number of urea groups is 1. The Balaban J connectivity index is 1.89. The molecular weight excluding hydrogens is 526 g/mol. The lowest BCUT2D eigenvalue weighted by atomic mass is 9.92. The van der Waals surface area contributed by atoms with Gasteiger partial charge in [0, 0.05) is 30.8 Å². The van der Waals surface area contributed by atoms with Crippen LogP contribution in [-0.2, 0) is 14.9 Å². The van der Waals surface area contributed by atoms with E-state index >= 15 is 0 Å². The first-order valence-corrected chi connectivity index (χ1v) is 14.0. The van der Waals surface area contributed by atoms with Crippen LogP contribution in [0.3, 0.4) is 0 Å². The highest BCUT2D eigenvalue weighted by atomic mass is 35.5. The highest BCUT2D eigenvalue weighted by molar-refractivity contribution is 6.32. The number of aromatic nitrogens is 2. The van der Waals surface area contributed by atoms with Gasteiger partial charge in [-0.2, -0.15) is 5.10 Å². The number of hydrogen-bond acceptors (Lipinski definition) is 4. The molecule has 2 N–H and O–H groups in total. The van der Waals surface area contributed by atoms with E-state index in [1.807, 2.05) is 42.5 Å². The van der Waals surface area contributed by atoms with Gasteiger partial charge < -0.3 is 20.3 Å². The quantitative estimate of drug-likeness (QED) is 0.271. The number of halogens is 1. The lowest BCUT2D eigenvalue weighted by Gasteiger charge is -2.26. The number of rotatable bonds is 10. The van der Waals surface area contributed by atoms with Gasteiger partial charge in [-0.15, -0.1) is 0 Å². The Hall–Kier alpha value is -3.36. The van der Waals surface area contributed by atoms with Crippen molar-refractivity contribution in [2.45, 2.75) is 65.7 Å². The average Bonchev–Trinajstić information content (AvgIpc) is 3.30. The second-order valence-corrected chi connectivity index (χ2v) is 11.9. The van der Waals surface area contributed by atoms with Crippen LogP contribution in [0.15, 0.2) is 48.5 Å². The number of carbonyl (C=O) groups is 2. The first-order chi connectivity index (χ1) is 18.8. The van der Waals surface area contributed by atoms with Gasteiger partial charge in [0.1, 0.15) is 12.4 Å². The highest BCUT2D eigenvalue weighted by Crippen LogP contribution is 2.33. The zero-order valence-corrected chi connectivity index (χ0v) is 25.6. The first-order valence-electron chi connectivity index (χ1n) is 13.7. The van der Waals surface area contributed by atoms with E-state index in [1.165, 1.54) is 4.90 Å². The number of ether oxygens (including phenoxy) is 1. The molecule has 3 rings (SSSR count). The fraction of sp³-hybridized carbons (Fsp3) is 0.452. The van der Waals surface area contributed by atoms with Crippen LogP contribution in [0.4, 0.5) is 16.3 Å². The minimum Gasteiger partial charge on any atom is -0.383 e. The van der Waals surface area contributed by atoms with E-state index in [1.54, 1.807) is 17.9 Å². The smallest absolute Gasteiger partial charge is 0.322 e. The summed E-state index contributed by atoms with van der Waals surface area (Å²) >= 11 is 6.47. The van der Waals surface area contributed by atoms with E-state index in [0.717, 1.165) is 22.5 Å². The molecule has 9 heteroatoms. The van der Waals surface area contributed by atoms with E-state index in [2.05, 4.69) is 59.1 Å². The van der Waals surface area contributed by atoms with Gasteiger partial charge in [-0.3, -0.25) is 4.79 Å². The lowest BCUT2D eigenvalue weighted by molar-refractivity contribution is -0.116. The number of anilines is 2. The maximum Gasteiger partial charge on any atom is 0.322 e. The fourth-order valence-electron chi connectivity index (χ4n) is 4.33. The van der Waals surface area contributed by atoms with Gasteiger partial charge in [0.15, 0.2) is 0 Å². The Bertz CT molecular complexity index is 1300. The second-order valence-electron chi connectivity index (χ2n) is 11.5. The molecule has 216 valence electrons. The van der Waals surface area contributed by atoms with E-state index in [0.29, 0.717) is 16.5 Å². The number of hydrogen-bond donors (Lipinski definition) is 2. The summed E-state index contributed by atoms with van der Waals surface area (Å²) in [4.78, 5) is 28.4. The summed E-state index contributed by atoms with van der Waals surface area (Å²) in [5.41, 5.74) is 4.09. The van der Waals surface area contributed by atoms with Gasteiger partial charge in [0.25, 0.3) is 0 Å². The number of carbonyl (C=O) groups excluding carboxylic acids is 2. The normalized spacial score (nSPS) is 11.7. The molecule has 1 heterocycles. The van der Waals surface area contributed by atoms with E-state index in [-0.39, 0.29) is 48.9 Å². The SMILES string of the molecule is COCCN(CC(=O)Nc1cc(C(C)(C)C)nn1-c1ccccc1Cl)C(=O)Nc1c(C(C)C)cccc1C(C)C. The minimum atomic E-state index is -0.364. The topological polar surface area (TPSA) is 88.5 Å². The van der Waals surface area contributed by atoms with Crippen LogP contribution in [-0.4, -0.2) is 53.4 Å². The molecule has 0 unspecified atom stereocenters. The molecule has 0 saturated carbocycles. The molecule has 40 heavy (non-hydrogen) atoms. The molecule has 0 bridgehead atoms. The zero-order chi connectivity index (χ0) is 29.6. The standard InChI is InChI=1S/C31H42ClN5O3/c1-20(2)22-12-11-13-23(21(3)4)29(22)34-30(39)36(16-17-40-8)19-28(38)33-27-18-26(31(5,6)7)35-37(27)25-15-10-9-14-24(25)32/h9-15,18,20-21H,16-17,19H2,1-8H3,(H,33,38)(H,34,39). The molecule has 0 fully saturated rings. The van der Waals surface area contributed by atoms with Crippen LogP contribution in [0.2, 0.25) is 5.02 Å². The molecule has 3 aromatic rings. The summed E-state index contributed by atoms with van der Waals surface area (Å²) < 4.78 is 6.88. The summed E-state index contributed by atoms with van der Waals surface area (Å²) in [5.74, 6) is 0.544. The Labute approximate surface area is 243 Å². The molecule has 3 amide bonds. The average molecular weight is 568 g/mol. The first kappa shape index (κ1) is 31.2. The predicted octanol–water partition coefficient (Wildman–Crippen LogP) is 7.19. The van der Waals surface area contributed by atoms with Crippen molar-refractivity contribution in [3.05, 3.63) is 70.4 Å². The number of nitrogens with one attached hydrogen (secondary N) is 2. The minimum absolute atomic E-state index is 0.172. The molecule has 0 aliphatic heterocycles. The van der Waals surface area contributed by atoms with Crippen LogP contribution in [0, 0.1) is 0 Å². The van der Waals surface area contributed by atoms with Crippen molar-refractivity contribution in [3.8, 4) is 5.69 Å². The third kappa shape index (κ3) is 7.64. The lowest BCUT2D eigenvalue weighted by Crippen LogP contribution is -2.42. The van der Waals surface area contributed by atoms with Crippen LogP contribution in [0.1, 0.15) is 77.1 Å². The number of benzene rings is 2. The van der Waals surface area contributed by atoms with Crippen molar-refractivity contribution >= 4 is 35.0 Å². The summed E-state index contributed by atoms with van der Waals surface area (Å²) in [6.45, 7) is 14.9. The number of nitrogens with zero attached hydrogens (tertiary/aromatic N) is 3. The molecule has 0 radical (unpaired) electrons. The predicted molar refractivity (Wildman–Crippen MR) is 163 cm³/mol. The fourth-order valence-corrected chi connectivity index (χ4v) is 4.55. The zero-order valence-electron chi connectivity index (χ0n) is 24.8. The summed E-state index contributed by atoms with van der Waals surface area (Å²) in [7, 11) is 1.57. The van der Waals surface area contributed by atoms with Gasteiger partial charge in [-0.1, -0.05) is 90.4 Å². The maximum absolute atomic E-state index is 13.6. The Morgan fingerprint density at radius 3 is 2.17 bits per heavy atom. The van der Waals surface area contributed by atoms with Gasteiger partial charge in [0.2, 0.25) is 5.91 Å². The summed E-state index contributed by atoms with van der Waals surface area (Å²) in [5, 5.41) is 11.3. The van der Waals surface area contributed by atoms with E-state index in [4.69, 9.17) is 21.4 Å². The molecule has 2 aromatic carbocycles. The van der Waals surface area contributed by atoms with Gasteiger partial charge in [-0.25, -0.2) is 9.48 Å². The molecule has 0 spiro atoms. The van der Waals surface area contributed by atoms with Crippen LogP contribution in [0.25, 0.3) is 5.69 Å². The van der Waals surface area contributed by atoms with Crippen molar-refractivity contribution in [3.63, 3.8) is 0 Å². The molecule has 0 atom stereocenters. The molecular formula is C31H42ClN5O3. The monoisotopic (exact) mass is 567 g/mol. The van der Waals surface area contributed by atoms with Crippen molar-refractivity contribution in [1.29, 1.82) is 0 Å². The van der Waals surface area contributed by atoms with Crippen molar-refractivity contribution in [2.24, 2.45) is 0 Å². The second kappa shape index (κ2) is 13.3. The number of amides is 3. The Morgan fingerprint density at radius 2 is 1.62 bits per heavy atom. The number of methoxy groups -OCH3 is 1. The Morgan fingerprint density at radius 1 is 1.00 bits per heavy atom. The van der Waals surface area contributed by atoms with E-state index < -0.39 is 0 Å². The molecule has 8 nitrogen and oxygen atoms in total. The molecule has 1 aromatic heterocycles. The van der Waals surface area contributed by atoms with Gasteiger partial charge in [-0.05, 0) is 35.1 Å². The Kier molecular flexibility index (Phi) is 10.4. The van der Waals surface area contributed by atoms with Crippen LogP contribution >= 0.6 is 11.6 Å². The maximum atomic E-state index is 13.6. The number of para-hydroxylation sites is 2. The van der Waals surface area contributed by atoms with Crippen LogP contribution < -0.4 is 10.6 Å². The highest BCUT2D eigenvalue weighted by Gasteiger charge is 2.25. The largest absolute Gasteiger partial charge is 0.383 e. The molecule has 0 aliphatic carbocycles. The molecule has 0 saturated heterocycles. The van der Waals surface area contributed by atoms with Crippen molar-refractivity contribution < 1.29 is 14.3 Å². The van der Waals surface area contributed by atoms with E-state index in [9.17, 15) is 9.59 Å². The summed E-state index contributed by atoms with van der Waals surface area (Å²) in [6.07, 6.45) is 0.